The van der Waals surface area contributed by atoms with Crippen molar-refractivity contribution in [2.24, 2.45) is 0 Å². The SMILES string of the molecule is Br.Br.F.F.[SiH4]. The van der Waals surface area contributed by atoms with Crippen molar-refractivity contribution < 1.29 is 9.41 Å². The molecule has 40 valence electrons. The van der Waals surface area contributed by atoms with Crippen LogP contribution in [0.4, 0.5) is 9.41 Å². The first kappa shape index (κ1) is 142. The Morgan fingerprint density at radius 3 is 0.600 bits per heavy atom. The zero-order chi connectivity index (χ0) is 0. The van der Waals surface area contributed by atoms with Gasteiger partial charge in [0.25, 0.3) is 0 Å². The fraction of sp³-hybridized carbons (Fsp3) is 0. The molecule has 0 amide bonds. The number of rotatable bonds is 0. The van der Waals surface area contributed by atoms with Gasteiger partial charge in [0.1, 0.15) is 0 Å². The molecule has 0 aromatic carbocycles. The van der Waals surface area contributed by atoms with Gasteiger partial charge in [-0.2, -0.15) is 0 Å². The average Bonchev–Trinajstić information content (AvgIpc) is 0. The van der Waals surface area contributed by atoms with Gasteiger partial charge in [0.15, 0.2) is 0 Å². The van der Waals surface area contributed by atoms with Crippen LogP contribution in [0.25, 0.3) is 0 Å². The Balaban J connectivity index is 0. The molecule has 0 saturated heterocycles. The highest BCUT2D eigenvalue weighted by atomic mass is 79.9. The van der Waals surface area contributed by atoms with E-state index in [-0.39, 0.29) is 54.3 Å². The minimum atomic E-state index is 0. The minimum Gasteiger partial charge on any atom is -0.269 e. The number of hydrogen-bond donors (Lipinski definition) is 0. The molecule has 5 heavy (non-hydrogen) atoms. The van der Waals surface area contributed by atoms with E-state index in [2.05, 4.69) is 0 Å². The molecular formula is H8Br2F2Si. The third-order valence-electron chi connectivity index (χ3n) is 0. The van der Waals surface area contributed by atoms with Gasteiger partial charge in [0.2, 0.25) is 0 Å². The Morgan fingerprint density at radius 1 is 0.600 bits per heavy atom. The molecule has 0 aromatic heterocycles. The highest BCUT2D eigenvalue weighted by molar-refractivity contribution is 8.93. The summed E-state index contributed by atoms with van der Waals surface area (Å²) in [5.41, 5.74) is 0. The maximum Gasteiger partial charge on any atom is -0.0149 e. The van der Waals surface area contributed by atoms with Gasteiger partial charge in [-0.15, -0.1) is 34.0 Å². The molecule has 0 unspecified atom stereocenters. The average molecular weight is 234 g/mol. The van der Waals surface area contributed by atoms with Crippen molar-refractivity contribution >= 4 is 44.9 Å². The Hall–Kier alpha value is 1.04. The Kier molecular flexibility index (Phi) is 2180. The summed E-state index contributed by atoms with van der Waals surface area (Å²) in [4.78, 5) is 0. The lowest BCUT2D eigenvalue weighted by molar-refractivity contribution is 1.11. The van der Waals surface area contributed by atoms with Crippen molar-refractivity contribution in [1.82, 2.24) is 0 Å². The summed E-state index contributed by atoms with van der Waals surface area (Å²) in [6, 6.07) is 0. The monoisotopic (exact) mass is 232 g/mol. The van der Waals surface area contributed by atoms with Gasteiger partial charge in [0, 0.05) is 0 Å². The summed E-state index contributed by atoms with van der Waals surface area (Å²) in [7, 11) is 0. The zero-order valence-corrected chi connectivity index (χ0v) is 5.06. The van der Waals surface area contributed by atoms with Crippen molar-refractivity contribution in [2.45, 2.75) is 0 Å². The predicted octanol–water partition coefficient (Wildman–Crippen LogP) is 0.00920. The Morgan fingerprint density at radius 2 is 0.600 bits per heavy atom. The fourth-order valence-electron chi connectivity index (χ4n) is 0. The number of hydrogen-bond acceptors (Lipinski definition) is 0. The van der Waals surface area contributed by atoms with Crippen LogP contribution in [-0.2, 0) is 0 Å². The third-order valence-corrected chi connectivity index (χ3v) is 0. The second-order valence-electron chi connectivity index (χ2n) is 0. The quantitative estimate of drug-likeness (QED) is 0.518. The molecule has 0 saturated carbocycles. The molecule has 0 nitrogen and oxygen atoms in total. The van der Waals surface area contributed by atoms with Crippen LogP contribution in [0.2, 0.25) is 0 Å². The van der Waals surface area contributed by atoms with Crippen LogP contribution < -0.4 is 0 Å². The summed E-state index contributed by atoms with van der Waals surface area (Å²) in [6.07, 6.45) is 0. The lowest BCUT2D eigenvalue weighted by Gasteiger charge is -0.270. The molecule has 5 heteroatoms. The first-order chi connectivity index (χ1) is 0. The van der Waals surface area contributed by atoms with Crippen molar-refractivity contribution in [3.8, 4) is 0 Å². The standard InChI is InChI=1S/2BrH.2FH.H4Si/h4*1H;1H4. The maximum absolute atomic E-state index is 0. The van der Waals surface area contributed by atoms with E-state index in [4.69, 9.17) is 0 Å². The van der Waals surface area contributed by atoms with Crippen molar-refractivity contribution in [3.05, 3.63) is 0 Å². The lowest BCUT2D eigenvalue weighted by Crippen LogP contribution is -0.381. The molecule has 0 rings (SSSR count). The topological polar surface area (TPSA) is 0 Å². The molecule has 0 fully saturated rings. The highest BCUT2D eigenvalue weighted by Gasteiger charge is -0.0148. The number of halogens is 4. The van der Waals surface area contributed by atoms with E-state index in [1.54, 1.807) is 0 Å². The van der Waals surface area contributed by atoms with E-state index in [9.17, 15) is 0 Å². The molecule has 0 radical (unpaired) electrons. The van der Waals surface area contributed by atoms with Crippen molar-refractivity contribution in [3.63, 3.8) is 0 Å². The van der Waals surface area contributed by atoms with E-state index >= 15 is 0 Å². The molecule has 0 aromatic rings. The zero-order valence-electron chi connectivity index (χ0n) is 1.63. The van der Waals surface area contributed by atoms with E-state index in [0.29, 0.717) is 0 Å². The summed E-state index contributed by atoms with van der Waals surface area (Å²) < 4.78 is 0. The van der Waals surface area contributed by atoms with E-state index < -0.39 is 0 Å². The second-order valence-corrected chi connectivity index (χ2v) is 0. The normalized spacial score (nSPS) is 0. The first-order valence-corrected chi connectivity index (χ1v) is 0. The van der Waals surface area contributed by atoms with Gasteiger partial charge in [-0.05, 0) is 11.0 Å². The molecule has 0 atom stereocenters. The summed E-state index contributed by atoms with van der Waals surface area (Å²) in [5.74, 6) is 0. The maximum atomic E-state index is 0. The predicted molar refractivity (Wildman–Crippen MR) is 37.0 cm³/mol. The van der Waals surface area contributed by atoms with Crippen molar-refractivity contribution in [1.29, 1.82) is 0 Å². The summed E-state index contributed by atoms with van der Waals surface area (Å²) >= 11 is 0. The van der Waals surface area contributed by atoms with Gasteiger partial charge >= 0.3 is 0 Å². The molecule has 0 N–H and O–H groups in total. The largest absolute Gasteiger partial charge is 0.269 e. The van der Waals surface area contributed by atoms with Crippen LogP contribution in [0.3, 0.4) is 0 Å². The summed E-state index contributed by atoms with van der Waals surface area (Å²) in [6.45, 7) is 0. The van der Waals surface area contributed by atoms with Gasteiger partial charge in [-0.3, -0.25) is 9.41 Å². The van der Waals surface area contributed by atoms with Crippen LogP contribution in [0, 0.1) is 0 Å². The van der Waals surface area contributed by atoms with Gasteiger partial charge in [0.05, 0.1) is 0 Å². The Labute approximate surface area is 54.6 Å². The molecular weight excluding hydrogens is 226 g/mol. The minimum absolute atomic E-state index is 0. The molecule has 0 spiro atoms. The molecule has 0 heterocycles. The van der Waals surface area contributed by atoms with Crippen molar-refractivity contribution in [2.75, 3.05) is 0 Å². The lowest BCUT2D eigenvalue weighted by atomic mass is 19.0. The van der Waals surface area contributed by atoms with Gasteiger partial charge in [-0.25, -0.2) is 0 Å². The van der Waals surface area contributed by atoms with Crippen LogP contribution in [-0.4, -0.2) is 11.0 Å². The molecule has 0 aliphatic carbocycles. The van der Waals surface area contributed by atoms with Gasteiger partial charge in [-0.1, -0.05) is 0 Å². The molecule has 0 aliphatic heterocycles. The Bertz CT molecular complexity index is 7.61. The van der Waals surface area contributed by atoms with Crippen LogP contribution in [0.15, 0.2) is 0 Å². The highest BCUT2D eigenvalue weighted by Crippen LogP contribution is 0.847. The smallest absolute Gasteiger partial charge is 0.0149 e. The third kappa shape index (κ3) is 43.2. The summed E-state index contributed by atoms with van der Waals surface area (Å²) in [5, 5.41) is 0. The van der Waals surface area contributed by atoms with Crippen LogP contribution >= 0.6 is 34.0 Å². The van der Waals surface area contributed by atoms with Crippen LogP contribution in [0.1, 0.15) is 0 Å². The molecule has 0 aliphatic rings. The van der Waals surface area contributed by atoms with Crippen LogP contribution in [0.5, 0.6) is 0 Å². The fourth-order valence-corrected chi connectivity index (χ4v) is 0. The van der Waals surface area contributed by atoms with E-state index in [1.165, 1.54) is 0 Å². The van der Waals surface area contributed by atoms with E-state index in [0.717, 1.165) is 0 Å². The van der Waals surface area contributed by atoms with E-state index in [1.807, 2.05) is 0 Å². The first-order valence-electron chi connectivity index (χ1n) is 0. The van der Waals surface area contributed by atoms with Gasteiger partial charge < -0.3 is 0 Å². The molecule has 0 bridgehead atoms. The second kappa shape index (κ2) is 76.3.